The maximum atomic E-state index is 13.4. The molecule has 2 aromatic heterocycles. The highest BCUT2D eigenvalue weighted by atomic mass is 19.4. The zero-order valence-electron chi connectivity index (χ0n) is 7.64. The molecule has 0 aromatic carbocycles. The Morgan fingerprint density at radius 1 is 1.27 bits per heavy atom. The first kappa shape index (κ1) is 9.95. The molecule has 0 spiro atoms. The minimum atomic E-state index is -4.76. The number of halogens is 4. The molecule has 0 radical (unpaired) electrons. The number of nitrogens with zero attached hydrogens (tertiary/aromatic N) is 2. The molecular weight excluding hydrogens is 212 g/mol. The van der Waals surface area contributed by atoms with E-state index < -0.39 is 17.8 Å². The lowest BCUT2D eigenvalue weighted by Crippen LogP contribution is -2.08. The smallest absolute Gasteiger partial charge is 0.273 e. The number of imidazole rings is 1. The van der Waals surface area contributed by atoms with Gasteiger partial charge in [-0.2, -0.15) is 17.6 Å². The molecule has 0 amide bonds. The van der Waals surface area contributed by atoms with Gasteiger partial charge >= 0.3 is 6.18 Å². The lowest BCUT2D eigenvalue weighted by molar-refractivity contribution is -0.143. The van der Waals surface area contributed by atoms with Crippen LogP contribution in [0, 0.1) is 12.9 Å². The summed E-state index contributed by atoms with van der Waals surface area (Å²) in [5, 5.41) is 0. The van der Waals surface area contributed by atoms with E-state index in [1.807, 2.05) is 0 Å². The summed E-state index contributed by atoms with van der Waals surface area (Å²) in [4.78, 5) is 3.21. The molecule has 0 aliphatic rings. The predicted molar refractivity (Wildman–Crippen MR) is 44.9 cm³/mol. The SMILES string of the molecule is Cc1cccc2nc(C(F)(F)F)c(F)n12. The summed E-state index contributed by atoms with van der Waals surface area (Å²) in [6.45, 7) is 1.51. The van der Waals surface area contributed by atoms with Gasteiger partial charge in [0.15, 0.2) is 5.69 Å². The van der Waals surface area contributed by atoms with E-state index in [1.54, 1.807) is 0 Å². The summed E-state index contributed by atoms with van der Waals surface area (Å²) in [6.07, 6.45) is -4.76. The van der Waals surface area contributed by atoms with Crippen molar-refractivity contribution in [2.24, 2.45) is 0 Å². The van der Waals surface area contributed by atoms with Crippen LogP contribution < -0.4 is 0 Å². The topological polar surface area (TPSA) is 17.3 Å². The summed E-state index contributed by atoms with van der Waals surface area (Å²) in [6, 6.07) is 4.36. The van der Waals surface area contributed by atoms with Crippen molar-refractivity contribution >= 4 is 5.65 Å². The van der Waals surface area contributed by atoms with Crippen molar-refractivity contribution in [3.05, 3.63) is 35.5 Å². The molecule has 2 rings (SSSR count). The normalized spacial score (nSPS) is 12.3. The quantitative estimate of drug-likeness (QED) is 0.621. The van der Waals surface area contributed by atoms with Crippen LogP contribution in [0.25, 0.3) is 5.65 Å². The Balaban J connectivity index is 2.82. The first-order valence-electron chi connectivity index (χ1n) is 4.12. The minimum absolute atomic E-state index is 0.0418. The fourth-order valence-electron chi connectivity index (χ4n) is 1.39. The second-order valence-corrected chi connectivity index (χ2v) is 3.11. The molecule has 0 fully saturated rings. The van der Waals surface area contributed by atoms with Gasteiger partial charge in [-0.1, -0.05) is 6.07 Å². The van der Waals surface area contributed by atoms with Gasteiger partial charge in [0, 0.05) is 5.69 Å². The number of hydrogen-bond donors (Lipinski definition) is 0. The Morgan fingerprint density at radius 3 is 2.47 bits per heavy atom. The molecule has 80 valence electrons. The number of fused-ring (bicyclic) bond motifs is 1. The minimum Gasteiger partial charge on any atom is -0.273 e. The second-order valence-electron chi connectivity index (χ2n) is 3.11. The summed E-state index contributed by atoms with van der Waals surface area (Å²) in [5.41, 5.74) is -1.15. The van der Waals surface area contributed by atoms with Crippen LogP contribution in [0.4, 0.5) is 17.6 Å². The number of hydrogen-bond acceptors (Lipinski definition) is 1. The molecule has 0 unspecified atom stereocenters. The van der Waals surface area contributed by atoms with Crippen molar-refractivity contribution in [1.29, 1.82) is 0 Å². The van der Waals surface area contributed by atoms with Crippen LogP contribution in [-0.2, 0) is 6.18 Å². The van der Waals surface area contributed by atoms with Crippen molar-refractivity contribution in [2.75, 3.05) is 0 Å². The van der Waals surface area contributed by atoms with E-state index in [4.69, 9.17) is 0 Å². The number of pyridine rings is 1. The fourth-order valence-corrected chi connectivity index (χ4v) is 1.39. The molecule has 0 saturated carbocycles. The van der Waals surface area contributed by atoms with Crippen LogP contribution >= 0.6 is 0 Å². The number of aryl methyl sites for hydroxylation is 1. The molecule has 2 aromatic rings. The predicted octanol–water partition coefficient (Wildman–Crippen LogP) is 2.80. The second kappa shape index (κ2) is 2.95. The fraction of sp³-hybridized carbons (Fsp3) is 0.222. The zero-order chi connectivity index (χ0) is 11.2. The average molecular weight is 218 g/mol. The zero-order valence-corrected chi connectivity index (χ0v) is 7.64. The number of aromatic nitrogens is 2. The molecule has 2 nitrogen and oxygen atoms in total. The molecule has 15 heavy (non-hydrogen) atoms. The molecular formula is C9H6F4N2. The highest BCUT2D eigenvalue weighted by Gasteiger charge is 2.38. The Kier molecular flexibility index (Phi) is 1.95. The van der Waals surface area contributed by atoms with E-state index in [1.165, 1.54) is 25.1 Å². The van der Waals surface area contributed by atoms with Crippen LogP contribution in [0.2, 0.25) is 0 Å². The first-order valence-corrected chi connectivity index (χ1v) is 4.12. The van der Waals surface area contributed by atoms with Crippen LogP contribution in [0.5, 0.6) is 0 Å². The van der Waals surface area contributed by atoms with Crippen LogP contribution in [-0.4, -0.2) is 9.38 Å². The standard InChI is InChI=1S/C9H6F4N2/c1-5-3-2-4-6-14-7(9(11,12)13)8(10)15(5)6/h2-4H,1H3. The van der Waals surface area contributed by atoms with E-state index in [0.717, 1.165) is 4.40 Å². The van der Waals surface area contributed by atoms with Gasteiger partial charge in [0.05, 0.1) is 0 Å². The maximum Gasteiger partial charge on any atom is 0.437 e. The van der Waals surface area contributed by atoms with Crippen molar-refractivity contribution in [3.63, 3.8) is 0 Å². The molecule has 0 atom stereocenters. The van der Waals surface area contributed by atoms with Gasteiger partial charge < -0.3 is 0 Å². The molecule has 0 bridgehead atoms. The van der Waals surface area contributed by atoms with E-state index in [2.05, 4.69) is 4.98 Å². The van der Waals surface area contributed by atoms with Crippen molar-refractivity contribution < 1.29 is 17.6 Å². The number of alkyl halides is 3. The highest BCUT2D eigenvalue weighted by Crippen LogP contribution is 2.31. The Bertz CT molecular complexity index is 513. The third-order valence-corrected chi connectivity index (χ3v) is 2.05. The lowest BCUT2D eigenvalue weighted by atomic mass is 10.4. The average Bonchev–Trinajstić information content (AvgIpc) is 2.44. The van der Waals surface area contributed by atoms with E-state index in [9.17, 15) is 17.6 Å². The highest BCUT2D eigenvalue weighted by molar-refractivity contribution is 5.42. The first-order chi connectivity index (χ1) is 6.91. The number of rotatable bonds is 0. The van der Waals surface area contributed by atoms with Gasteiger partial charge in [-0.05, 0) is 19.1 Å². The molecule has 0 aliphatic heterocycles. The summed E-state index contributed by atoms with van der Waals surface area (Å²) in [7, 11) is 0. The van der Waals surface area contributed by atoms with E-state index in [0.29, 0.717) is 5.69 Å². The molecule has 2 heterocycles. The van der Waals surface area contributed by atoms with Crippen molar-refractivity contribution in [2.45, 2.75) is 13.1 Å². The van der Waals surface area contributed by atoms with Gasteiger partial charge in [-0.15, -0.1) is 0 Å². The molecule has 0 N–H and O–H groups in total. The van der Waals surface area contributed by atoms with Crippen molar-refractivity contribution in [3.8, 4) is 0 Å². The molecule has 0 aliphatic carbocycles. The molecule has 0 saturated heterocycles. The van der Waals surface area contributed by atoms with Gasteiger partial charge in [-0.3, -0.25) is 4.40 Å². The van der Waals surface area contributed by atoms with Gasteiger partial charge in [0.25, 0.3) is 0 Å². The summed E-state index contributed by atoms with van der Waals surface area (Å²) < 4.78 is 51.1. The van der Waals surface area contributed by atoms with E-state index >= 15 is 0 Å². The third-order valence-electron chi connectivity index (χ3n) is 2.05. The van der Waals surface area contributed by atoms with Crippen LogP contribution in [0.1, 0.15) is 11.4 Å². The van der Waals surface area contributed by atoms with Gasteiger partial charge in [0.1, 0.15) is 5.65 Å². The van der Waals surface area contributed by atoms with Crippen molar-refractivity contribution in [1.82, 2.24) is 9.38 Å². The molecule has 6 heteroatoms. The van der Waals surface area contributed by atoms with E-state index in [-0.39, 0.29) is 5.65 Å². The Labute approximate surface area is 82.2 Å². The van der Waals surface area contributed by atoms with Crippen LogP contribution in [0.15, 0.2) is 18.2 Å². The monoisotopic (exact) mass is 218 g/mol. The Morgan fingerprint density at radius 2 is 1.93 bits per heavy atom. The maximum absolute atomic E-state index is 13.4. The van der Waals surface area contributed by atoms with Gasteiger partial charge in [-0.25, -0.2) is 4.98 Å². The largest absolute Gasteiger partial charge is 0.437 e. The lowest BCUT2D eigenvalue weighted by Gasteiger charge is -2.01. The summed E-state index contributed by atoms with van der Waals surface area (Å²) in [5.74, 6) is -1.37. The Hall–Kier alpha value is -1.59. The third kappa shape index (κ3) is 1.45. The van der Waals surface area contributed by atoms with Gasteiger partial charge in [0.2, 0.25) is 5.95 Å². The van der Waals surface area contributed by atoms with Crippen LogP contribution in [0.3, 0.4) is 0 Å². The summed E-state index contributed by atoms with van der Waals surface area (Å²) >= 11 is 0.